The molecule has 1 aromatic rings. The fourth-order valence-corrected chi connectivity index (χ4v) is 1.33. The van der Waals surface area contributed by atoms with Crippen molar-refractivity contribution >= 4 is 5.78 Å². The summed E-state index contributed by atoms with van der Waals surface area (Å²) in [4.78, 5) is 11.9. The van der Waals surface area contributed by atoms with E-state index in [1.807, 2.05) is 13.0 Å². The number of aliphatic hydroxyl groups is 1. The lowest BCUT2D eigenvalue weighted by atomic mass is 9.95. The monoisotopic (exact) mass is 208 g/mol. The Kier molecular flexibility index (Phi) is 3.15. The van der Waals surface area contributed by atoms with Gasteiger partial charge < -0.3 is 9.84 Å². The van der Waals surface area contributed by atoms with Gasteiger partial charge in [0.15, 0.2) is 5.78 Å². The summed E-state index contributed by atoms with van der Waals surface area (Å²) in [6.45, 7) is 4.83. The van der Waals surface area contributed by atoms with Gasteiger partial charge in [0.2, 0.25) is 0 Å². The Morgan fingerprint density at radius 2 is 2.00 bits per heavy atom. The van der Waals surface area contributed by atoms with E-state index in [0.29, 0.717) is 11.3 Å². The van der Waals surface area contributed by atoms with Crippen molar-refractivity contribution in [2.75, 3.05) is 7.11 Å². The molecule has 1 rings (SSSR count). The van der Waals surface area contributed by atoms with E-state index >= 15 is 0 Å². The highest BCUT2D eigenvalue weighted by atomic mass is 16.5. The number of aryl methyl sites for hydroxylation is 1. The van der Waals surface area contributed by atoms with E-state index in [0.717, 1.165) is 5.56 Å². The van der Waals surface area contributed by atoms with Crippen molar-refractivity contribution in [1.29, 1.82) is 0 Å². The van der Waals surface area contributed by atoms with Crippen molar-refractivity contribution in [2.24, 2.45) is 0 Å². The third-order valence-corrected chi connectivity index (χ3v) is 2.16. The van der Waals surface area contributed by atoms with Crippen LogP contribution < -0.4 is 4.74 Å². The van der Waals surface area contributed by atoms with Gasteiger partial charge in [-0.2, -0.15) is 0 Å². The summed E-state index contributed by atoms with van der Waals surface area (Å²) in [6, 6.07) is 5.31. The van der Waals surface area contributed by atoms with E-state index in [1.54, 1.807) is 12.1 Å². The van der Waals surface area contributed by atoms with E-state index in [4.69, 9.17) is 4.74 Å². The number of ether oxygens (including phenoxy) is 1. The van der Waals surface area contributed by atoms with Gasteiger partial charge in [-0.1, -0.05) is 11.6 Å². The molecular formula is C12H16O3. The van der Waals surface area contributed by atoms with E-state index in [9.17, 15) is 9.90 Å². The molecule has 0 aromatic heterocycles. The van der Waals surface area contributed by atoms with Crippen molar-refractivity contribution in [3.8, 4) is 5.75 Å². The third-order valence-electron chi connectivity index (χ3n) is 2.16. The van der Waals surface area contributed by atoms with Crippen molar-refractivity contribution in [2.45, 2.75) is 26.4 Å². The fraction of sp³-hybridized carbons (Fsp3) is 0.417. The lowest BCUT2D eigenvalue weighted by Crippen LogP contribution is -2.31. The normalized spacial score (nSPS) is 11.3. The first-order chi connectivity index (χ1) is 6.86. The molecule has 1 aromatic carbocycles. The van der Waals surface area contributed by atoms with Gasteiger partial charge in [0.1, 0.15) is 11.4 Å². The number of hydrogen-bond donors (Lipinski definition) is 1. The minimum absolute atomic E-state index is 0.331. The second kappa shape index (κ2) is 4.03. The first-order valence-corrected chi connectivity index (χ1v) is 4.78. The lowest BCUT2D eigenvalue weighted by molar-refractivity contribution is 0.0485. The average Bonchev–Trinajstić information content (AvgIpc) is 2.15. The summed E-state index contributed by atoms with van der Waals surface area (Å²) in [5.41, 5.74) is 0.00884. The molecule has 0 aliphatic heterocycles. The number of carbonyl (C=O) groups is 1. The molecular weight excluding hydrogens is 192 g/mol. The minimum atomic E-state index is -1.37. The van der Waals surface area contributed by atoms with Crippen LogP contribution in [0.15, 0.2) is 18.2 Å². The summed E-state index contributed by atoms with van der Waals surface area (Å²) in [5, 5.41) is 9.65. The van der Waals surface area contributed by atoms with Crippen LogP contribution in [0.4, 0.5) is 0 Å². The van der Waals surface area contributed by atoms with Gasteiger partial charge in [-0.15, -0.1) is 0 Å². The fourth-order valence-electron chi connectivity index (χ4n) is 1.33. The third kappa shape index (κ3) is 2.57. The van der Waals surface area contributed by atoms with Gasteiger partial charge in [-0.05, 0) is 32.9 Å². The number of benzene rings is 1. The molecule has 0 saturated heterocycles. The molecule has 1 N–H and O–H groups in total. The molecule has 0 saturated carbocycles. The number of carbonyl (C=O) groups excluding carboxylic acids is 1. The maximum atomic E-state index is 11.9. The highest BCUT2D eigenvalue weighted by molar-refractivity contribution is 6.04. The predicted molar refractivity (Wildman–Crippen MR) is 58.4 cm³/mol. The average molecular weight is 208 g/mol. The van der Waals surface area contributed by atoms with Crippen molar-refractivity contribution < 1.29 is 14.6 Å². The standard InChI is InChI=1S/C12H16O3/c1-8-5-6-10(15-4)9(7-8)11(13)12(2,3)14/h5-7,14H,1-4H3. The Balaban J connectivity index is 3.23. The molecule has 0 fully saturated rings. The molecule has 3 heteroatoms. The molecule has 0 heterocycles. The second-order valence-corrected chi connectivity index (χ2v) is 4.09. The van der Waals surface area contributed by atoms with Gasteiger partial charge >= 0.3 is 0 Å². The molecule has 0 aliphatic rings. The Bertz CT molecular complexity index is 375. The summed E-state index contributed by atoms with van der Waals surface area (Å²) in [7, 11) is 1.51. The van der Waals surface area contributed by atoms with Gasteiger partial charge in [0, 0.05) is 0 Å². The zero-order valence-electron chi connectivity index (χ0n) is 9.50. The van der Waals surface area contributed by atoms with Crippen molar-refractivity contribution in [3.63, 3.8) is 0 Å². The van der Waals surface area contributed by atoms with E-state index in [2.05, 4.69) is 0 Å². The first-order valence-electron chi connectivity index (χ1n) is 4.78. The highest BCUT2D eigenvalue weighted by Gasteiger charge is 2.27. The number of hydrogen-bond acceptors (Lipinski definition) is 3. The van der Waals surface area contributed by atoms with Gasteiger partial charge in [-0.3, -0.25) is 4.79 Å². The maximum Gasteiger partial charge on any atom is 0.197 e. The molecule has 0 bridgehead atoms. The predicted octanol–water partition coefficient (Wildman–Crippen LogP) is 1.96. The SMILES string of the molecule is COc1ccc(C)cc1C(=O)C(C)(C)O. The van der Waals surface area contributed by atoms with Crippen LogP contribution in [0.2, 0.25) is 0 Å². The Morgan fingerprint density at radius 1 is 1.40 bits per heavy atom. The van der Waals surface area contributed by atoms with Gasteiger partial charge in [0.25, 0.3) is 0 Å². The van der Waals surface area contributed by atoms with Crippen molar-refractivity contribution in [1.82, 2.24) is 0 Å². The second-order valence-electron chi connectivity index (χ2n) is 4.09. The molecule has 0 atom stereocenters. The zero-order chi connectivity index (χ0) is 11.6. The minimum Gasteiger partial charge on any atom is -0.496 e. The summed E-state index contributed by atoms with van der Waals surface area (Å²) < 4.78 is 5.08. The molecule has 0 amide bonds. The topological polar surface area (TPSA) is 46.5 Å². The summed E-state index contributed by atoms with van der Waals surface area (Å²) in [5.74, 6) is 0.163. The van der Waals surface area contributed by atoms with E-state index < -0.39 is 5.60 Å². The molecule has 0 unspecified atom stereocenters. The highest BCUT2D eigenvalue weighted by Crippen LogP contribution is 2.24. The Hall–Kier alpha value is -1.35. The maximum absolute atomic E-state index is 11.9. The lowest BCUT2D eigenvalue weighted by Gasteiger charge is -2.17. The first kappa shape index (κ1) is 11.7. The van der Waals surface area contributed by atoms with Crippen LogP contribution in [-0.4, -0.2) is 23.6 Å². The van der Waals surface area contributed by atoms with Crippen molar-refractivity contribution in [3.05, 3.63) is 29.3 Å². The Morgan fingerprint density at radius 3 is 2.47 bits per heavy atom. The number of Topliss-reactive ketones (excluding diaryl/α,β-unsaturated/α-hetero) is 1. The molecule has 0 spiro atoms. The molecule has 3 nitrogen and oxygen atoms in total. The smallest absolute Gasteiger partial charge is 0.197 e. The van der Waals surface area contributed by atoms with Gasteiger partial charge in [-0.25, -0.2) is 0 Å². The molecule has 0 radical (unpaired) electrons. The number of ketones is 1. The molecule has 0 aliphatic carbocycles. The van der Waals surface area contributed by atoms with Crippen LogP contribution in [0.5, 0.6) is 5.75 Å². The number of methoxy groups -OCH3 is 1. The van der Waals surface area contributed by atoms with Crippen LogP contribution in [0.3, 0.4) is 0 Å². The largest absolute Gasteiger partial charge is 0.496 e. The summed E-state index contributed by atoms with van der Waals surface area (Å²) in [6.07, 6.45) is 0. The zero-order valence-corrected chi connectivity index (χ0v) is 9.50. The van der Waals surface area contributed by atoms with Crippen LogP contribution in [-0.2, 0) is 0 Å². The van der Waals surface area contributed by atoms with Crippen LogP contribution in [0.25, 0.3) is 0 Å². The summed E-state index contributed by atoms with van der Waals surface area (Å²) >= 11 is 0. The molecule has 82 valence electrons. The van der Waals surface area contributed by atoms with Crippen LogP contribution >= 0.6 is 0 Å². The van der Waals surface area contributed by atoms with Crippen LogP contribution in [0.1, 0.15) is 29.8 Å². The van der Waals surface area contributed by atoms with E-state index in [-0.39, 0.29) is 5.78 Å². The van der Waals surface area contributed by atoms with Crippen LogP contribution in [0, 0.1) is 6.92 Å². The molecule has 15 heavy (non-hydrogen) atoms. The van der Waals surface area contributed by atoms with E-state index in [1.165, 1.54) is 21.0 Å². The number of rotatable bonds is 3. The van der Waals surface area contributed by atoms with Gasteiger partial charge in [0.05, 0.1) is 12.7 Å². The quantitative estimate of drug-likeness (QED) is 0.772. The Labute approximate surface area is 89.7 Å².